The van der Waals surface area contributed by atoms with Gasteiger partial charge in [-0.25, -0.2) is 0 Å². The van der Waals surface area contributed by atoms with Crippen LogP contribution in [0.3, 0.4) is 0 Å². The summed E-state index contributed by atoms with van der Waals surface area (Å²) in [6.07, 6.45) is 1.25. The Kier molecular flexibility index (Phi) is 3.97. The van der Waals surface area contributed by atoms with Crippen molar-refractivity contribution < 1.29 is 14.8 Å². The summed E-state index contributed by atoms with van der Waals surface area (Å²) >= 11 is 2.99. The van der Waals surface area contributed by atoms with Crippen molar-refractivity contribution in [1.29, 1.82) is 0 Å². The smallest absolute Gasteiger partial charge is 0.335 e. The zero-order chi connectivity index (χ0) is 13.2. The summed E-state index contributed by atoms with van der Waals surface area (Å²) in [5.41, 5.74) is 3.71. The quantitative estimate of drug-likeness (QED) is 0.592. The van der Waals surface area contributed by atoms with E-state index in [4.69, 9.17) is 10.8 Å². The highest BCUT2D eigenvalue weighted by molar-refractivity contribution is 9.10. The van der Waals surface area contributed by atoms with Gasteiger partial charge in [-0.3, -0.25) is 19.7 Å². The number of nitro groups is 1. The molecule has 0 bridgehead atoms. The van der Waals surface area contributed by atoms with Crippen LogP contribution in [0.15, 0.2) is 21.5 Å². The molecule has 0 amide bonds. The van der Waals surface area contributed by atoms with Crippen molar-refractivity contribution in [2.24, 2.45) is 5.73 Å². The molecule has 9 heteroatoms. The second-order valence-electron chi connectivity index (χ2n) is 3.20. The highest BCUT2D eigenvalue weighted by atomic mass is 79.9. The van der Waals surface area contributed by atoms with Gasteiger partial charge in [0.15, 0.2) is 0 Å². The average Bonchev–Trinajstić information content (AvgIpc) is 2.22. The minimum atomic E-state index is -1.30. The Labute approximate surface area is 103 Å². The predicted octanol–water partition coefficient (Wildman–Crippen LogP) is -0.0691. The highest BCUT2D eigenvalue weighted by Crippen LogP contribution is 2.13. The number of aromatic nitrogens is 1. The van der Waals surface area contributed by atoms with Crippen molar-refractivity contribution in [2.45, 2.75) is 12.6 Å². The van der Waals surface area contributed by atoms with Gasteiger partial charge in [0.05, 0.1) is 11.5 Å². The van der Waals surface area contributed by atoms with Gasteiger partial charge in [0.2, 0.25) is 0 Å². The summed E-state index contributed by atoms with van der Waals surface area (Å²) in [5.74, 6) is -1.29. The van der Waals surface area contributed by atoms with E-state index in [1.54, 1.807) is 0 Å². The fourth-order valence-electron chi connectivity index (χ4n) is 1.14. The molecule has 1 aromatic heterocycles. The molecule has 92 valence electrons. The van der Waals surface area contributed by atoms with E-state index in [1.807, 2.05) is 0 Å². The third-order valence-corrected chi connectivity index (χ3v) is 2.37. The predicted molar refractivity (Wildman–Crippen MR) is 60.7 cm³/mol. The van der Waals surface area contributed by atoms with Crippen LogP contribution in [-0.4, -0.2) is 26.6 Å². The number of pyridine rings is 1. The Morgan fingerprint density at radius 1 is 1.71 bits per heavy atom. The third kappa shape index (κ3) is 3.11. The van der Waals surface area contributed by atoms with E-state index >= 15 is 0 Å². The molecule has 17 heavy (non-hydrogen) atoms. The van der Waals surface area contributed by atoms with Gasteiger partial charge >= 0.3 is 17.2 Å². The second kappa shape index (κ2) is 5.06. The van der Waals surface area contributed by atoms with Crippen LogP contribution in [0.1, 0.15) is 0 Å². The Morgan fingerprint density at radius 2 is 2.29 bits per heavy atom. The first-order chi connectivity index (χ1) is 7.82. The second-order valence-corrected chi connectivity index (χ2v) is 4.12. The number of hydrogen-bond donors (Lipinski definition) is 2. The number of carbonyl (C=O) groups is 1. The fourth-order valence-corrected chi connectivity index (χ4v) is 1.60. The molecule has 1 unspecified atom stereocenters. The number of carboxylic acids is 1. The minimum Gasteiger partial charge on any atom is -0.480 e. The molecule has 0 aromatic carbocycles. The Morgan fingerprint density at radius 3 is 2.76 bits per heavy atom. The normalized spacial score (nSPS) is 12.1. The van der Waals surface area contributed by atoms with E-state index in [0.717, 1.165) is 10.6 Å². The van der Waals surface area contributed by atoms with E-state index in [0.29, 0.717) is 4.47 Å². The summed E-state index contributed by atoms with van der Waals surface area (Å²) in [6.45, 7) is -0.339. The van der Waals surface area contributed by atoms with Gasteiger partial charge < -0.3 is 15.4 Å². The van der Waals surface area contributed by atoms with Crippen LogP contribution in [0, 0.1) is 10.1 Å². The van der Waals surface area contributed by atoms with Gasteiger partial charge in [-0.1, -0.05) is 0 Å². The maximum absolute atomic E-state index is 11.6. The number of aliphatic carboxylic acids is 1. The molecule has 0 aliphatic carbocycles. The number of carboxylic acid groups (broad SMARTS) is 1. The average molecular weight is 306 g/mol. The molecule has 0 saturated carbocycles. The molecule has 1 heterocycles. The molecule has 0 aliphatic rings. The molecule has 3 N–H and O–H groups in total. The Balaban J connectivity index is 3.21. The van der Waals surface area contributed by atoms with Gasteiger partial charge in [-0.15, -0.1) is 0 Å². The lowest BCUT2D eigenvalue weighted by atomic mass is 10.3. The van der Waals surface area contributed by atoms with Crippen LogP contribution < -0.4 is 11.3 Å². The van der Waals surface area contributed by atoms with Gasteiger partial charge in [-0.05, 0) is 15.9 Å². The summed E-state index contributed by atoms with van der Waals surface area (Å²) in [6, 6.07) is -0.257. The molecular weight excluding hydrogens is 298 g/mol. The van der Waals surface area contributed by atoms with Crippen molar-refractivity contribution in [3.8, 4) is 0 Å². The van der Waals surface area contributed by atoms with Crippen LogP contribution in [0.25, 0.3) is 0 Å². The monoisotopic (exact) mass is 305 g/mol. The molecule has 8 nitrogen and oxygen atoms in total. The number of rotatable bonds is 4. The van der Waals surface area contributed by atoms with Gasteiger partial charge in [0.1, 0.15) is 6.04 Å². The molecule has 0 radical (unpaired) electrons. The van der Waals surface area contributed by atoms with Crippen LogP contribution in [0.5, 0.6) is 0 Å². The summed E-state index contributed by atoms with van der Waals surface area (Å²) < 4.78 is 1.18. The van der Waals surface area contributed by atoms with Gasteiger partial charge in [0, 0.05) is 16.7 Å². The van der Waals surface area contributed by atoms with E-state index in [-0.39, 0.29) is 6.54 Å². The fraction of sp³-hybridized carbons (Fsp3) is 0.250. The molecule has 0 spiro atoms. The molecule has 0 saturated heterocycles. The number of hydrogen-bond acceptors (Lipinski definition) is 5. The summed E-state index contributed by atoms with van der Waals surface area (Å²) in [5, 5.41) is 19.2. The van der Waals surface area contributed by atoms with Crippen LogP contribution >= 0.6 is 15.9 Å². The Bertz CT molecular complexity index is 526. The van der Waals surface area contributed by atoms with Crippen molar-refractivity contribution in [1.82, 2.24) is 4.57 Å². The molecular formula is C8H8BrN3O5. The van der Waals surface area contributed by atoms with Crippen LogP contribution in [0.2, 0.25) is 0 Å². The summed E-state index contributed by atoms with van der Waals surface area (Å²) in [7, 11) is 0. The molecule has 0 aliphatic heterocycles. The van der Waals surface area contributed by atoms with E-state index in [9.17, 15) is 19.7 Å². The van der Waals surface area contributed by atoms with Crippen LogP contribution in [0.4, 0.5) is 5.69 Å². The Hall–Kier alpha value is -1.74. The summed E-state index contributed by atoms with van der Waals surface area (Å²) in [4.78, 5) is 31.8. The first kappa shape index (κ1) is 13.3. The number of nitrogens with two attached hydrogens (primary N) is 1. The third-order valence-electron chi connectivity index (χ3n) is 1.94. The maximum Gasteiger partial charge on any atom is 0.335 e. The first-order valence-electron chi connectivity index (χ1n) is 4.35. The van der Waals surface area contributed by atoms with E-state index in [1.165, 1.54) is 6.20 Å². The van der Waals surface area contributed by atoms with Crippen molar-refractivity contribution in [2.75, 3.05) is 0 Å². The lowest BCUT2D eigenvalue weighted by Crippen LogP contribution is -2.38. The largest absolute Gasteiger partial charge is 0.480 e. The number of nitrogens with zero attached hydrogens (tertiary/aromatic N) is 2. The van der Waals surface area contributed by atoms with Gasteiger partial charge in [0.25, 0.3) is 0 Å². The topological polar surface area (TPSA) is 128 Å². The first-order valence-corrected chi connectivity index (χ1v) is 5.15. The van der Waals surface area contributed by atoms with Crippen LogP contribution in [-0.2, 0) is 11.3 Å². The SMILES string of the molecule is NC(Cn1cc(Br)cc([N+](=O)[O-])c1=O)C(=O)O. The van der Waals surface area contributed by atoms with Crippen molar-refractivity contribution in [3.05, 3.63) is 37.2 Å². The lowest BCUT2D eigenvalue weighted by Gasteiger charge is -2.09. The van der Waals surface area contributed by atoms with E-state index < -0.39 is 28.2 Å². The van der Waals surface area contributed by atoms with Crippen molar-refractivity contribution >= 4 is 27.6 Å². The van der Waals surface area contributed by atoms with Gasteiger partial charge in [-0.2, -0.15) is 0 Å². The zero-order valence-electron chi connectivity index (χ0n) is 8.37. The molecule has 1 atom stereocenters. The van der Waals surface area contributed by atoms with Crippen molar-refractivity contribution in [3.63, 3.8) is 0 Å². The standard InChI is InChI=1S/C8H8BrN3O5/c9-4-1-6(12(16)17)7(13)11(2-4)3-5(10)8(14)15/h1-2,5H,3,10H2,(H,14,15). The minimum absolute atomic E-state index is 0.293. The number of halogens is 1. The zero-order valence-corrected chi connectivity index (χ0v) is 9.96. The molecule has 1 aromatic rings. The molecule has 1 rings (SSSR count). The maximum atomic E-state index is 11.6. The highest BCUT2D eigenvalue weighted by Gasteiger charge is 2.19. The molecule has 0 fully saturated rings. The lowest BCUT2D eigenvalue weighted by molar-refractivity contribution is -0.386. The van der Waals surface area contributed by atoms with E-state index in [2.05, 4.69) is 15.9 Å².